The summed E-state index contributed by atoms with van der Waals surface area (Å²) in [5, 5.41) is 7.76. The van der Waals surface area contributed by atoms with Gasteiger partial charge in [0, 0.05) is 31.5 Å². The molecule has 1 N–H and O–H groups in total. The van der Waals surface area contributed by atoms with Gasteiger partial charge >= 0.3 is 0 Å². The van der Waals surface area contributed by atoms with Crippen molar-refractivity contribution >= 4 is 11.6 Å². The fourth-order valence-corrected chi connectivity index (χ4v) is 2.85. The first-order chi connectivity index (χ1) is 12.6. The number of hydrogen-bond donors (Lipinski definition) is 1. The molecule has 3 aromatic rings. The smallest absolute Gasteiger partial charge is 0.174 e. The summed E-state index contributed by atoms with van der Waals surface area (Å²) in [6.45, 7) is 10.8. The van der Waals surface area contributed by atoms with Crippen LogP contribution in [0.5, 0.6) is 0 Å². The summed E-state index contributed by atoms with van der Waals surface area (Å²) in [5.74, 6) is 2.42. The minimum absolute atomic E-state index is 0.640. The van der Waals surface area contributed by atoms with E-state index < -0.39 is 0 Å². The van der Waals surface area contributed by atoms with E-state index in [0.717, 1.165) is 35.9 Å². The van der Waals surface area contributed by atoms with Crippen molar-refractivity contribution in [2.45, 2.75) is 34.2 Å². The zero-order chi connectivity index (χ0) is 18.5. The van der Waals surface area contributed by atoms with E-state index in [4.69, 9.17) is 0 Å². The van der Waals surface area contributed by atoms with Crippen LogP contribution in [0.2, 0.25) is 0 Å². The standard InChI is InChI=1S/C19H25N7/c1-5-25(6-2)18-8-7-16(11-22-18)10-21-17-12-20-13-19(23-17)26-15(4)9-14(3)24-26/h7-9,11-13H,5-6,10H2,1-4H3,(H,21,23). The van der Waals surface area contributed by atoms with Crippen LogP contribution in [0.15, 0.2) is 36.8 Å². The molecule has 0 fully saturated rings. The van der Waals surface area contributed by atoms with E-state index in [0.29, 0.717) is 18.2 Å². The van der Waals surface area contributed by atoms with Crippen LogP contribution in [0.25, 0.3) is 5.82 Å². The topological polar surface area (TPSA) is 71.8 Å². The fraction of sp³-hybridized carbons (Fsp3) is 0.368. The van der Waals surface area contributed by atoms with Crippen molar-refractivity contribution in [3.8, 4) is 5.82 Å². The third kappa shape index (κ3) is 3.99. The van der Waals surface area contributed by atoms with E-state index >= 15 is 0 Å². The molecule has 0 spiro atoms. The number of nitrogens with one attached hydrogen (secondary N) is 1. The van der Waals surface area contributed by atoms with Crippen molar-refractivity contribution in [3.05, 3.63) is 53.7 Å². The van der Waals surface area contributed by atoms with E-state index in [1.807, 2.05) is 26.1 Å². The first kappa shape index (κ1) is 17.8. The molecule has 0 bridgehead atoms. The van der Waals surface area contributed by atoms with Crippen molar-refractivity contribution in [2.24, 2.45) is 0 Å². The summed E-state index contributed by atoms with van der Waals surface area (Å²) in [4.78, 5) is 15.6. The summed E-state index contributed by atoms with van der Waals surface area (Å²) in [5.41, 5.74) is 3.09. The normalized spacial score (nSPS) is 10.8. The second-order valence-corrected chi connectivity index (χ2v) is 6.15. The van der Waals surface area contributed by atoms with Gasteiger partial charge in [0.25, 0.3) is 0 Å². The van der Waals surface area contributed by atoms with E-state index in [-0.39, 0.29) is 0 Å². The highest BCUT2D eigenvalue weighted by Crippen LogP contribution is 2.14. The number of aryl methyl sites for hydroxylation is 2. The van der Waals surface area contributed by atoms with E-state index in [2.05, 4.69) is 56.2 Å². The molecule has 0 saturated heterocycles. The van der Waals surface area contributed by atoms with Gasteiger partial charge in [0.15, 0.2) is 5.82 Å². The van der Waals surface area contributed by atoms with E-state index in [1.54, 1.807) is 17.1 Å². The summed E-state index contributed by atoms with van der Waals surface area (Å²) >= 11 is 0. The SMILES string of the molecule is CCN(CC)c1ccc(CNc2cncc(-n3nc(C)cc3C)n2)cn1. The molecule has 0 saturated carbocycles. The van der Waals surface area contributed by atoms with Crippen molar-refractivity contribution in [2.75, 3.05) is 23.3 Å². The Morgan fingerprint density at radius 2 is 1.88 bits per heavy atom. The first-order valence-electron chi connectivity index (χ1n) is 8.90. The molecule has 7 heteroatoms. The lowest BCUT2D eigenvalue weighted by atomic mass is 10.2. The van der Waals surface area contributed by atoms with Crippen LogP contribution in [0, 0.1) is 13.8 Å². The fourth-order valence-electron chi connectivity index (χ4n) is 2.85. The third-order valence-electron chi connectivity index (χ3n) is 4.22. The Kier molecular flexibility index (Phi) is 5.46. The third-order valence-corrected chi connectivity index (χ3v) is 4.22. The van der Waals surface area contributed by atoms with Crippen molar-refractivity contribution < 1.29 is 0 Å². The lowest BCUT2D eigenvalue weighted by molar-refractivity contribution is 0.799. The van der Waals surface area contributed by atoms with Crippen LogP contribution in [-0.2, 0) is 6.54 Å². The van der Waals surface area contributed by atoms with Gasteiger partial charge in [0.05, 0.1) is 18.1 Å². The van der Waals surface area contributed by atoms with Crippen LogP contribution in [0.3, 0.4) is 0 Å². The molecular weight excluding hydrogens is 326 g/mol. The molecule has 136 valence electrons. The molecule has 0 aliphatic rings. The largest absolute Gasteiger partial charge is 0.365 e. The highest BCUT2D eigenvalue weighted by molar-refractivity contribution is 5.41. The predicted molar refractivity (Wildman–Crippen MR) is 104 cm³/mol. The van der Waals surface area contributed by atoms with Crippen LogP contribution >= 0.6 is 0 Å². The maximum absolute atomic E-state index is 4.60. The number of aromatic nitrogens is 5. The molecular formula is C19H25N7. The maximum atomic E-state index is 4.60. The van der Waals surface area contributed by atoms with Crippen LogP contribution < -0.4 is 10.2 Å². The first-order valence-corrected chi connectivity index (χ1v) is 8.90. The average Bonchev–Trinajstić information content (AvgIpc) is 3.00. The molecule has 0 aliphatic carbocycles. The Morgan fingerprint density at radius 1 is 1.08 bits per heavy atom. The number of nitrogens with zero attached hydrogens (tertiary/aromatic N) is 6. The molecule has 0 amide bonds. The second kappa shape index (κ2) is 7.95. The van der Waals surface area contributed by atoms with Crippen molar-refractivity contribution in [1.82, 2.24) is 24.7 Å². The minimum Gasteiger partial charge on any atom is -0.365 e. The molecule has 0 radical (unpaired) electrons. The van der Waals surface area contributed by atoms with Crippen LogP contribution in [0.1, 0.15) is 30.8 Å². The molecule has 26 heavy (non-hydrogen) atoms. The number of anilines is 2. The number of rotatable bonds is 7. The molecule has 3 heterocycles. The Hall–Kier alpha value is -2.96. The van der Waals surface area contributed by atoms with Crippen LogP contribution in [-0.4, -0.2) is 37.8 Å². The molecule has 3 aromatic heterocycles. The highest BCUT2D eigenvalue weighted by atomic mass is 15.3. The Labute approximate surface area is 154 Å². The molecule has 0 aliphatic heterocycles. The maximum Gasteiger partial charge on any atom is 0.174 e. The molecule has 7 nitrogen and oxygen atoms in total. The molecule has 0 unspecified atom stereocenters. The lowest BCUT2D eigenvalue weighted by Crippen LogP contribution is -2.22. The Morgan fingerprint density at radius 3 is 2.50 bits per heavy atom. The average molecular weight is 351 g/mol. The van der Waals surface area contributed by atoms with Gasteiger partial charge in [-0.1, -0.05) is 6.07 Å². The second-order valence-electron chi connectivity index (χ2n) is 6.15. The van der Waals surface area contributed by atoms with Gasteiger partial charge in [0.1, 0.15) is 11.6 Å². The minimum atomic E-state index is 0.640. The summed E-state index contributed by atoms with van der Waals surface area (Å²) in [6, 6.07) is 6.17. The van der Waals surface area contributed by atoms with Gasteiger partial charge in [-0.15, -0.1) is 0 Å². The predicted octanol–water partition coefficient (Wildman–Crippen LogP) is 3.13. The number of pyridine rings is 1. The van der Waals surface area contributed by atoms with Gasteiger partial charge in [0.2, 0.25) is 0 Å². The number of hydrogen-bond acceptors (Lipinski definition) is 6. The van der Waals surface area contributed by atoms with Crippen molar-refractivity contribution in [1.29, 1.82) is 0 Å². The zero-order valence-electron chi connectivity index (χ0n) is 15.8. The molecule has 0 aromatic carbocycles. The van der Waals surface area contributed by atoms with Crippen molar-refractivity contribution in [3.63, 3.8) is 0 Å². The van der Waals surface area contributed by atoms with E-state index in [1.165, 1.54) is 0 Å². The lowest BCUT2D eigenvalue weighted by Gasteiger charge is -2.19. The van der Waals surface area contributed by atoms with Gasteiger partial charge in [-0.05, 0) is 45.4 Å². The molecule has 3 rings (SSSR count). The monoisotopic (exact) mass is 351 g/mol. The Balaban J connectivity index is 1.68. The van der Waals surface area contributed by atoms with Gasteiger partial charge in [-0.3, -0.25) is 4.98 Å². The zero-order valence-corrected chi connectivity index (χ0v) is 15.8. The summed E-state index contributed by atoms with van der Waals surface area (Å²) in [7, 11) is 0. The summed E-state index contributed by atoms with van der Waals surface area (Å²) in [6.07, 6.45) is 5.33. The van der Waals surface area contributed by atoms with Crippen LogP contribution in [0.4, 0.5) is 11.6 Å². The quantitative estimate of drug-likeness (QED) is 0.705. The van der Waals surface area contributed by atoms with Gasteiger partial charge in [-0.25, -0.2) is 14.6 Å². The Bertz CT molecular complexity index is 851. The van der Waals surface area contributed by atoms with Gasteiger partial charge < -0.3 is 10.2 Å². The highest BCUT2D eigenvalue weighted by Gasteiger charge is 2.07. The van der Waals surface area contributed by atoms with Gasteiger partial charge in [-0.2, -0.15) is 5.10 Å². The van der Waals surface area contributed by atoms with E-state index in [9.17, 15) is 0 Å². The summed E-state index contributed by atoms with van der Waals surface area (Å²) < 4.78 is 1.80. The molecule has 0 atom stereocenters.